The molecule has 3 rings (SSSR count). The number of rotatable bonds is 2. The second-order valence-electron chi connectivity index (χ2n) is 5.85. The first-order valence-corrected chi connectivity index (χ1v) is 7.64. The Kier molecular flexibility index (Phi) is 4.02. The molecular weight excluding hydrogens is 282 g/mol. The standard InChI is InChI=1S/C16H21N3O3/c1-11-9-18(8-7-17-11)15(20)10-19-13-5-3-4-6-14(13)22-12(2)16(19)21/h3-6,11-12,17H,7-10H2,1-2H3. The molecule has 0 aromatic heterocycles. The van der Waals surface area contributed by atoms with Crippen molar-refractivity contribution in [3.63, 3.8) is 0 Å². The minimum atomic E-state index is -0.565. The number of hydrogen-bond acceptors (Lipinski definition) is 4. The summed E-state index contributed by atoms with van der Waals surface area (Å²) in [5.41, 5.74) is 0.669. The summed E-state index contributed by atoms with van der Waals surface area (Å²) in [5.74, 6) is 0.455. The third kappa shape index (κ3) is 2.78. The van der Waals surface area contributed by atoms with Crippen LogP contribution in [0.15, 0.2) is 24.3 Å². The summed E-state index contributed by atoms with van der Waals surface area (Å²) in [6, 6.07) is 7.62. The Labute approximate surface area is 130 Å². The maximum absolute atomic E-state index is 12.5. The predicted molar refractivity (Wildman–Crippen MR) is 82.9 cm³/mol. The number of piperazine rings is 1. The van der Waals surface area contributed by atoms with Crippen molar-refractivity contribution in [2.45, 2.75) is 26.0 Å². The number of nitrogens with zero attached hydrogens (tertiary/aromatic N) is 2. The van der Waals surface area contributed by atoms with Crippen molar-refractivity contribution in [2.75, 3.05) is 31.1 Å². The van der Waals surface area contributed by atoms with Gasteiger partial charge in [0.2, 0.25) is 5.91 Å². The lowest BCUT2D eigenvalue weighted by molar-refractivity contribution is -0.133. The number of carbonyl (C=O) groups is 2. The van der Waals surface area contributed by atoms with Gasteiger partial charge in [-0.25, -0.2) is 0 Å². The monoisotopic (exact) mass is 303 g/mol. The Balaban J connectivity index is 1.78. The lowest BCUT2D eigenvalue weighted by Gasteiger charge is -2.36. The molecule has 118 valence electrons. The highest BCUT2D eigenvalue weighted by atomic mass is 16.5. The molecule has 1 saturated heterocycles. The Bertz CT molecular complexity index is 590. The highest BCUT2D eigenvalue weighted by molar-refractivity contribution is 6.03. The van der Waals surface area contributed by atoms with Crippen molar-refractivity contribution < 1.29 is 14.3 Å². The zero-order valence-electron chi connectivity index (χ0n) is 12.9. The highest BCUT2D eigenvalue weighted by Gasteiger charge is 2.33. The van der Waals surface area contributed by atoms with Crippen molar-refractivity contribution >= 4 is 17.5 Å². The number of para-hydroxylation sites is 2. The number of nitrogens with one attached hydrogen (secondary N) is 1. The summed E-state index contributed by atoms with van der Waals surface area (Å²) < 4.78 is 5.59. The van der Waals surface area contributed by atoms with E-state index >= 15 is 0 Å². The third-order valence-corrected chi connectivity index (χ3v) is 4.09. The first kappa shape index (κ1) is 14.8. The lowest BCUT2D eigenvalue weighted by Crippen LogP contribution is -2.55. The largest absolute Gasteiger partial charge is 0.479 e. The summed E-state index contributed by atoms with van der Waals surface area (Å²) in [6.45, 7) is 5.97. The van der Waals surface area contributed by atoms with E-state index in [1.54, 1.807) is 11.8 Å². The first-order valence-electron chi connectivity index (χ1n) is 7.64. The van der Waals surface area contributed by atoms with E-state index in [0.29, 0.717) is 24.5 Å². The van der Waals surface area contributed by atoms with Gasteiger partial charge in [0.15, 0.2) is 6.10 Å². The van der Waals surface area contributed by atoms with Crippen LogP contribution in [0.25, 0.3) is 0 Å². The number of benzene rings is 1. The molecule has 2 aliphatic rings. The second-order valence-corrected chi connectivity index (χ2v) is 5.85. The molecule has 0 radical (unpaired) electrons. The van der Waals surface area contributed by atoms with Gasteiger partial charge in [-0.3, -0.25) is 14.5 Å². The number of carbonyl (C=O) groups excluding carboxylic acids is 2. The van der Waals surface area contributed by atoms with Crippen molar-refractivity contribution in [1.29, 1.82) is 0 Å². The van der Waals surface area contributed by atoms with E-state index in [4.69, 9.17) is 4.74 Å². The van der Waals surface area contributed by atoms with Gasteiger partial charge in [-0.15, -0.1) is 0 Å². The van der Waals surface area contributed by atoms with Crippen LogP contribution in [0.1, 0.15) is 13.8 Å². The molecular formula is C16H21N3O3. The van der Waals surface area contributed by atoms with E-state index in [1.807, 2.05) is 29.2 Å². The minimum Gasteiger partial charge on any atom is -0.479 e. The van der Waals surface area contributed by atoms with Gasteiger partial charge in [-0.1, -0.05) is 12.1 Å². The molecule has 6 nitrogen and oxygen atoms in total. The molecule has 1 N–H and O–H groups in total. The summed E-state index contributed by atoms with van der Waals surface area (Å²) in [7, 11) is 0. The SMILES string of the molecule is CC1CN(C(=O)CN2C(=O)C(C)Oc3ccccc32)CCN1. The molecule has 2 unspecified atom stereocenters. The van der Waals surface area contributed by atoms with Gasteiger partial charge >= 0.3 is 0 Å². The van der Waals surface area contributed by atoms with Crippen molar-refractivity contribution in [2.24, 2.45) is 0 Å². The molecule has 22 heavy (non-hydrogen) atoms. The minimum absolute atomic E-state index is 0.0226. The van der Waals surface area contributed by atoms with E-state index in [9.17, 15) is 9.59 Å². The van der Waals surface area contributed by atoms with Crippen LogP contribution in [0.5, 0.6) is 5.75 Å². The van der Waals surface area contributed by atoms with Crippen LogP contribution in [-0.4, -0.2) is 55.0 Å². The molecule has 2 atom stereocenters. The molecule has 2 heterocycles. The zero-order valence-corrected chi connectivity index (χ0v) is 12.9. The number of hydrogen-bond donors (Lipinski definition) is 1. The Morgan fingerprint density at radius 3 is 2.91 bits per heavy atom. The van der Waals surface area contributed by atoms with E-state index in [2.05, 4.69) is 12.2 Å². The predicted octanol–water partition coefficient (Wildman–Crippen LogP) is 0.621. The molecule has 1 aromatic rings. The fraction of sp³-hybridized carbons (Fsp3) is 0.500. The summed E-state index contributed by atoms with van der Waals surface area (Å²) >= 11 is 0. The molecule has 6 heteroatoms. The molecule has 0 saturated carbocycles. The quantitative estimate of drug-likeness (QED) is 0.870. The number of fused-ring (bicyclic) bond motifs is 1. The average Bonchev–Trinajstić information content (AvgIpc) is 2.51. The molecule has 1 fully saturated rings. The maximum Gasteiger partial charge on any atom is 0.268 e. The maximum atomic E-state index is 12.5. The fourth-order valence-electron chi connectivity index (χ4n) is 2.92. The number of anilines is 1. The van der Waals surface area contributed by atoms with Crippen molar-refractivity contribution in [1.82, 2.24) is 10.2 Å². The Morgan fingerprint density at radius 1 is 1.36 bits per heavy atom. The van der Waals surface area contributed by atoms with Crippen LogP contribution in [-0.2, 0) is 9.59 Å². The smallest absolute Gasteiger partial charge is 0.268 e. The second kappa shape index (κ2) is 5.96. The summed E-state index contributed by atoms with van der Waals surface area (Å²) in [6.07, 6.45) is -0.565. The molecule has 1 aromatic carbocycles. The summed E-state index contributed by atoms with van der Waals surface area (Å²) in [5, 5.41) is 3.31. The van der Waals surface area contributed by atoms with Gasteiger partial charge in [0.1, 0.15) is 12.3 Å². The fourth-order valence-corrected chi connectivity index (χ4v) is 2.92. The van der Waals surface area contributed by atoms with Crippen molar-refractivity contribution in [3.05, 3.63) is 24.3 Å². The van der Waals surface area contributed by atoms with Crippen molar-refractivity contribution in [3.8, 4) is 5.75 Å². The van der Waals surface area contributed by atoms with Gasteiger partial charge in [-0.05, 0) is 26.0 Å². The molecule has 2 amide bonds. The van der Waals surface area contributed by atoms with Gasteiger partial charge in [0, 0.05) is 25.7 Å². The molecule has 2 aliphatic heterocycles. The van der Waals surface area contributed by atoms with Gasteiger partial charge in [0.25, 0.3) is 5.91 Å². The van der Waals surface area contributed by atoms with Crippen LogP contribution in [0.3, 0.4) is 0 Å². The highest BCUT2D eigenvalue weighted by Crippen LogP contribution is 2.33. The van der Waals surface area contributed by atoms with E-state index in [0.717, 1.165) is 6.54 Å². The first-order chi connectivity index (χ1) is 10.6. The van der Waals surface area contributed by atoms with Gasteiger partial charge in [-0.2, -0.15) is 0 Å². The van der Waals surface area contributed by atoms with E-state index in [-0.39, 0.29) is 24.4 Å². The van der Waals surface area contributed by atoms with Crippen LogP contribution < -0.4 is 15.0 Å². The van der Waals surface area contributed by atoms with Crippen LogP contribution in [0, 0.1) is 0 Å². The Morgan fingerprint density at radius 2 is 2.14 bits per heavy atom. The number of ether oxygens (including phenoxy) is 1. The third-order valence-electron chi connectivity index (χ3n) is 4.09. The average molecular weight is 303 g/mol. The van der Waals surface area contributed by atoms with E-state index < -0.39 is 6.10 Å². The lowest BCUT2D eigenvalue weighted by atomic mass is 10.1. The van der Waals surface area contributed by atoms with Crippen LogP contribution in [0.4, 0.5) is 5.69 Å². The van der Waals surface area contributed by atoms with Gasteiger partial charge in [0.05, 0.1) is 5.69 Å². The topological polar surface area (TPSA) is 61.9 Å². The van der Waals surface area contributed by atoms with E-state index in [1.165, 1.54) is 0 Å². The molecule has 0 spiro atoms. The van der Waals surface area contributed by atoms with Crippen LogP contribution in [0.2, 0.25) is 0 Å². The normalized spacial score (nSPS) is 24.7. The zero-order chi connectivity index (χ0) is 15.7. The molecule has 0 bridgehead atoms. The molecule has 0 aliphatic carbocycles. The van der Waals surface area contributed by atoms with Gasteiger partial charge < -0.3 is 15.0 Å². The summed E-state index contributed by atoms with van der Waals surface area (Å²) in [4.78, 5) is 28.3. The Hall–Kier alpha value is -2.08. The van der Waals surface area contributed by atoms with Crippen LogP contribution >= 0.6 is 0 Å². The number of amides is 2.